The van der Waals surface area contributed by atoms with Gasteiger partial charge in [0, 0.05) is 0 Å². The highest BCUT2D eigenvalue weighted by atomic mass is 16.5. The Morgan fingerprint density at radius 3 is 2.00 bits per heavy atom. The summed E-state index contributed by atoms with van der Waals surface area (Å²) in [6, 6.07) is 13.9. The van der Waals surface area contributed by atoms with E-state index in [9.17, 15) is 5.11 Å². The highest BCUT2D eigenvalue weighted by molar-refractivity contribution is 5.43. The van der Waals surface area contributed by atoms with Crippen molar-refractivity contribution < 1.29 is 19.3 Å². The molecule has 152 valence electrons. The Morgan fingerprint density at radius 1 is 0.821 bits per heavy atom. The van der Waals surface area contributed by atoms with Crippen molar-refractivity contribution in [3.63, 3.8) is 0 Å². The number of benzene rings is 2. The zero-order valence-electron chi connectivity index (χ0n) is 17.4. The Hall–Kier alpha value is -2.20. The molecule has 0 spiro atoms. The fourth-order valence-electron chi connectivity index (χ4n) is 3.74. The molecule has 0 amide bonds. The molecule has 0 aromatic heterocycles. The van der Waals surface area contributed by atoms with E-state index in [1.54, 1.807) is 6.07 Å². The first-order chi connectivity index (χ1) is 13.5. The third-order valence-corrected chi connectivity index (χ3v) is 5.53. The monoisotopic (exact) mass is 384 g/mol. The average Bonchev–Trinajstić information content (AvgIpc) is 3.01. The van der Waals surface area contributed by atoms with Gasteiger partial charge in [0.1, 0.15) is 5.75 Å². The predicted molar refractivity (Wildman–Crippen MR) is 111 cm³/mol. The largest absolute Gasteiger partial charge is 0.504 e. The highest BCUT2D eigenvalue weighted by Crippen LogP contribution is 2.49. The summed E-state index contributed by atoms with van der Waals surface area (Å²) in [7, 11) is 0. The van der Waals surface area contributed by atoms with Gasteiger partial charge in [-0.25, -0.2) is 0 Å². The van der Waals surface area contributed by atoms with Gasteiger partial charge in [0.25, 0.3) is 0 Å². The van der Waals surface area contributed by atoms with Crippen LogP contribution in [0.15, 0.2) is 42.5 Å². The Balaban J connectivity index is 1.74. The van der Waals surface area contributed by atoms with Crippen LogP contribution in [0.2, 0.25) is 0 Å². The lowest BCUT2D eigenvalue weighted by Gasteiger charge is -2.18. The van der Waals surface area contributed by atoms with Gasteiger partial charge in [-0.3, -0.25) is 0 Å². The van der Waals surface area contributed by atoms with E-state index in [0.29, 0.717) is 24.2 Å². The molecule has 1 heterocycles. The van der Waals surface area contributed by atoms with Gasteiger partial charge in [0.05, 0.1) is 25.4 Å². The standard InChI is InChI=1S/C24H32O4/c1-5-13-26-20-10-7-18(8-11-20)23-16(3)17(4)24(28-23)19-9-12-22(21(25)15-19)27-14-6-2/h7-12,15-17,23-25H,5-6,13-14H2,1-4H3/t16-,17-,23+,24+/m1/s1. The van der Waals surface area contributed by atoms with Crippen LogP contribution >= 0.6 is 0 Å². The maximum atomic E-state index is 10.3. The SMILES string of the molecule is CCCOc1ccc([C@H]2O[C@H](c3ccc(OCCC)c(O)c3)[C@H](C)[C@H]2C)cc1. The van der Waals surface area contributed by atoms with Gasteiger partial charge in [0.2, 0.25) is 0 Å². The summed E-state index contributed by atoms with van der Waals surface area (Å²) >= 11 is 0. The first kappa shape index (κ1) is 20.5. The van der Waals surface area contributed by atoms with E-state index in [1.165, 1.54) is 0 Å². The molecule has 0 saturated carbocycles. The molecule has 1 saturated heterocycles. The third-order valence-electron chi connectivity index (χ3n) is 5.53. The summed E-state index contributed by atoms with van der Waals surface area (Å²) in [5, 5.41) is 10.3. The van der Waals surface area contributed by atoms with Crippen LogP contribution < -0.4 is 9.47 Å². The zero-order chi connectivity index (χ0) is 20.1. The van der Waals surface area contributed by atoms with Crippen LogP contribution in [-0.4, -0.2) is 18.3 Å². The van der Waals surface area contributed by atoms with E-state index in [2.05, 4.69) is 32.9 Å². The van der Waals surface area contributed by atoms with Crippen molar-refractivity contribution in [2.75, 3.05) is 13.2 Å². The quantitative estimate of drug-likeness (QED) is 0.601. The molecule has 2 aromatic carbocycles. The molecule has 1 aliphatic rings. The summed E-state index contributed by atoms with van der Waals surface area (Å²) in [6.07, 6.45) is 1.88. The number of hydrogen-bond acceptors (Lipinski definition) is 4. The zero-order valence-corrected chi connectivity index (χ0v) is 17.4. The Labute approximate surface area is 168 Å². The second-order valence-electron chi connectivity index (χ2n) is 7.69. The number of rotatable bonds is 8. The molecule has 3 rings (SSSR count). The maximum absolute atomic E-state index is 10.3. The van der Waals surface area contributed by atoms with Crippen LogP contribution in [0.4, 0.5) is 0 Å². The van der Waals surface area contributed by atoms with Crippen LogP contribution in [0.1, 0.15) is 63.9 Å². The number of phenolic OH excluding ortho intramolecular Hbond substituents is 1. The smallest absolute Gasteiger partial charge is 0.160 e. The normalized spacial score (nSPS) is 24.3. The minimum Gasteiger partial charge on any atom is -0.504 e. The van der Waals surface area contributed by atoms with Crippen molar-refractivity contribution in [1.29, 1.82) is 0 Å². The molecule has 4 atom stereocenters. The summed E-state index contributed by atoms with van der Waals surface area (Å²) in [5.74, 6) is 2.31. The average molecular weight is 385 g/mol. The van der Waals surface area contributed by atoms with Gasteiger partial charge in [0.15, 0.2) is 11.5 Å². The minimum absolute atomic E-state index is 0.0263. The number of ether oxygens (including phenoxy) is 3. The minimum atomic E-state index is -0.0536. The van der Waals surface area contributed by atoms with E-state index in [1.807, 2.05) is 31.2 Å². The Kier molecular flexibility index (Phi) is 6.84. The van der Waals surface area contributed by atoms with Crippen molar-refractivity contribution in [1.82, 2.24) is 0 Å². The predicted octanol–water partition coefficient (Wildman–Crippen LogP) is 6.05. The van der Waals surface area contributed by atoms with E-state index >= 15 is 0 Å². The van der Waals surface area contributed by atoms with Crippen LogP contribution in [-0.2, 0) is 4.74 Å². The van der Waals surface area contributed by atoms with E-state index in [4.69, 9.17) is 14.2 Å². The Bertz CT molecular complexity index is 756. The molecule has 1 fully saturated rings. The van der Waals surface area contributed by atoms with Crippen molar-refractivity contribution in [2.24, 2.45) is 11.8 Å². The molecule has 2 aromatic rings. The lowest BCUT2D eigenvalue weighted by Crippen LogP contribution is -2.10. The van der Waals surface area contributed by atoms with Crippen LogP contribution in [0.25, 0.3) is 0 Å². The van der Waals surface area contributed by atoms with E-state index in [-0.39, 0.29) is 18.0 Å². The molecule has 1 N–H and O–H groups in total. The molecule has 0 unspecified atom stereocenters. The Morgan fingerprint density at radius 2 is 1.39 bits per heavy atom. The summed E-state index contributed by atoms with van der Waals surface area (Å²) in [5.41, 5.74) is 2.16. The lowest BCUT2D eigenvalue weighted by atomic mass is 9.85. The molecular weight excluding hydrogens is 352 g/mol. The molecule has 0 bridgehead atoms. The fraction of sp³-hybridized carbons (Fsp3) is 0.500. The molecule has 0 radical (unpaired) electrons. The summed E-state index contributed by atoms with van der Waals surface area (Å²) in [4.78, 5) is 0. The van der Waals surface area contributed by atoms with Gasteiger partial charge < -0.3 is 19.3 Å². The third kappa shape index (κ3) is 4.44. The van der Waals surface area contributed by atoms with E-state index < -0.39 is 0 Å². The first-order valence-electron chi connectivity index (χ1n) is 10.4. The van der Waals surface area contributed by atoms with Crippen molar-refractivity contribution in [3.8, 4) is 17.2 Å². The van der Waals surface area contributed by atoms with Crippen LogP contribution in [0.5, 0.6) is 17.2 Å². The van der Waals surface area contributed by atoms with Gasteiger partial charge in [-0.15, -0.1) is 0 Å². The first-order valence-corrected chi connectivity index (χ1v) is 10.4. The second-order valence-corrected chi connectivity index (χ2v) is 7.69. The van der Waals surface area contributed by atoms with Gasteiger partial charge in [-0.1, -0.05) is 45.9 Å². The number of phenols is 1. The molecule has 4 nitrogen and oxygen atoms in total. The fourth-order valence-corrected chi connectivity index (χ4v) is 3.74. The molecular formula is C24H32O4. The topological polar surface area (TPSA) is 47.9 Å². The molecule has 0 aliphatic carbocycles. The van der Waals surface area contributed by atoms with Crippen molar-refractivity contribution in [2.45, 2.75) is 52.7 Å². The van der Waals surface area contributed by atoms with Crippen molar-refractivity contribution in [3.05, 3.63) is 53.6 Å². The second kappa shape index (κ2) is 9.33. The molecule has 4 heteroatoms. The lowest BCUT2D eigenvalue weighted by molar-refractivity contribution is 0.0289. The van der Waals surface area contributed by atoms with Crippen LogP contribution in [0.3, 0.4) is 0 Å². The summed E-state index contributed by atoms with van der Waals surface area (Å²) in [6.45, 7) is 9.92. The highest BCUT2D eigenvalue weighted by Gasteiger charge is 2.40. The number of aromatic hydroxyl groups is 1. The van der Waals surface area contributed by atoms with Gasteiger partial charge in [-0.2, -0.15) is 0 Å². The van der Waals surface area contributed by atoms with Gasteiger partial charge >= 0.3 is 0 Å². The van der Waals surface area contributed by atoms with E-state index in [0.717, 1.165) is 36.3 Å². The van der Waals surface area contributed by atoms with Crippen LogP contribution in [0, 0.1) is 11.8 Å². The van der Waals surface area contributed by atoms with Crippen molar-refractivity contribution >= 4 is 0 Å². The summed E-state index contributed by atoms with van der Waals surface area (Å²) < 4.78 is 17.7. The molecule has 28 heavy (non-hydrogen) atoms. The maximum Gasteiger partial charge on any atom is 0.160 e. The van der Waals surface area contributed by atoms with Gasteiger partial charge in [-0.05, 0) is 60.1 Å². The molecule has 1 aliphatic heterocycles. The number of hydrogen-bond donors (Lipinski definition) is 1.